The zero-order valence-corrected chi connectivity index (χ0v) is 16.5. The Bertz CT molecular complexity index is 1060. The van der Waals surface area contributed by atoms with E-state index >= 15 is 0 Å². The van der Waals surface area contributed by atoms with Crippen LogP contribution in [-0.2, 0) is 22.6 Å². The van der Waals surface area contributed by atoms with Gasteiger partial charge < -0.3 is 14.0 Å². The quantitative estimate of drug-likeness (QED) is 0.419. The predicted octanol–water partition coefficient (Wildman–Crippen LogP) is 4.22. The fraction of sp³-hybridized carbons (Fsp3) is 0.158. The average Bonchev–Trinajstić information content (AvgIpc) is 3.47. The summed E-state index contributed by atoms with van der Waals surface area (Å²) in [6, 6.07) is 9.27. The minimum absolute atomic E-state index is 0.0798. The lowest BCUT2D eigenvalue weighted by Crippen LogP contribution is -2.08. The molecule has 0 aliphatic heterocycles. The number of ether oxygens (including phenoxy) is 2. The number of carbonyl (C=O) groups excluding carboxylic acids is 1. The molecule has 0 unspecified atom stereocenters. The molecule has 4 aromatic rings. The van der Waals surface area contributed by atoms with Crippen LogP contribution in [0.25, 0.3) is 22.0 Å². The van der Waals surface area contributed by atoms with E-state index in [0.29, 0.717) is 11.5 Å². The smallest absolute Gasteiger partial charge is 0.312 e. The highest BCUT2D eigenvalue weighted by Gasteiger charge is 2.14. The highest BCUT2D eigenvalue weighted by molar-refractivity contribution is 7.14. The molecule has 3 aromatic heterocycles. The lowest BCUT2D eigenvalue weighted by molar-refractivity contribution is -0.144. The van der Waals surface area contributed by atoms with Gasteiger partial charge in [0.1, 0.15) is 10.8 Å². The summed E-state index contributed by atoms with van der Waals surface area (Å²) < 4.78 is 15.5. The van der Waals surface area contributed by atoms with Crippen LogP contribution in [0.3, 0.4) is 0 Å². The molecule has 142 valence electrons. The second kappa shape index (κ2) is 8.32. The van der Waals surface area contributed by atoms with Crippen molar-refractivity contribution >= 4 is 28.6 Å². The molecule has 0 saturated carbocycles. The van der Waals surface area contributed by atoms with Crippen molar-refractivity contribution in [3.8, 4) is 27.7 Å². The van der Waals surface area contributed by atoms with Gasteiger partial charge in [-0.05, 0) is 35.7 Å². The van der Waals surface area contributed by atoms with E-state index in [-0.39, 0.29) is 18.9 Å². The summed E-state index contributed by atoms with van der Waals surface area (Å²) in [6.45, 7) is -0.0798. The molecule has 0 fully saturated rings. The molecule has 0 amide bonds. The van der Waals surface area contributed by atoms with Gasteiger partial charge in [-0.3, -0.25) is 4.79 Å². The van der Waals surface area contributed by atoms with Crippen molar-refractivity contribution in [3.63, 3.8) is 0 Å². The third kappa shape index (κ3) is 4.26. The standard InChI is InChI=1S/C19H15N3O4S2/c1-24-15-4-2-12(3-5-15)18-21-16(26-22-18)9-25-17(23)8-14-11-28-19(20-14)13-6-7-27-10-13/h2-7,10-11H,8-9H2,1H3. The molecule has 0 atom stereocenters. The molecule has 7 nitrogen and oxygen atoms in total. The summed E-state index contributed by atoms with van der Waals surface area (Å²) >= 11 is 3.12. The number of aromatic nitrogens is 3. The number of nitrogens with zero attached hydrogens (tertiary/aromatic N) is 3. The zero-order valence-electron chi connectivity index (χ0n) is 14.8. The van der Waals surface area contributed by atoms with E-state index in [1.807, 2.05) is 46.5 Å². The Balaban J connectivity index is 1.32. The summed E-state index contributed by atoms with van der Waals surface area (Å²) in [4.78, 5) is 20.8. The van der Waals surface area contributed by atoms with E-state index in [9.17, 15) is 4.79 Å². The van der Waals surface area contributed by atoms with E-state index in [1.54, 1.807) is 18.4 Å². The topological polar surface area (TPSA) is 87.3 Å². The maximum Gasteiger partial charge on any atom is 0.312 e. The normalized spacial score (nSPS) is 10.8. The van der Waals surface area contributed by atoms with Gasteiger partial charge in [0, 0.05) is 21.9 Å². The Kier molecular flexibility index (Phi) is 5.45. The van der Waals surface area contributed by atoms with Crippen molar-refractivity contribution < 1.29 is 18.8 Å². The van der Waals surface area contributed by atoms with Gasteiger partial charge in [0.25, 0.3) is 5.89 Å². The summed E-state index contributed by atoms with van der Waals surface area (Å²) in [7, 11) is 1.60. The predicted molar refractivity (Wildman–Crippen MR) is 105 cm³/mol. The van der Waals surface area contributed by atoms with Crippen molar-refractivity contribution in [3.05, 3.63) is 58.1 Å². The van der Waals surface area contributed by atoms with Gasteiger partial charge in [0.15, 0.2) is 6.61 Å². The van der Waals surface area contributed by atoms with Crippen LogP contribution in [0.4, 0.5) is 0 Å². The molecule has 9 heteroatoms. The number of hydrogen-bond acceptors (Lipinski definition) is 9. The van der Waals surface area contributed by atoms with Crippen molar-refractivity contribution in [2.24, 2.45) is 0 Å². The van der Waals surface area contributed by atoms with Crippen LogP contribution in [0, 0.1) is 0 Å². The summed E-state index contributed by atoms with van der Waals surface area (Å²) in [6.07, 6.45) is 0.0973. The monoisotopic (exact) mass is 413 g/mol. The maximum absolute atomic E-state index is 12.1. The fourth-order valence-electron chi connectivity index (χ4n) is 2.42. The molecule has 0 saturated heterocycles. The average molecular weight is 413 g/mol. The first-order valence-corrected chi connectivity index (χ1v) is 10.1. The zero-order chi connectivity index (χ0) is 19.3. The first kappa shape index (κ1) is 18.3. The van der Waals surface area contributed by atoms with E-state index < -0.39 is 5.97 Å². The third-order valence-electron chi connectivity index (χ3n) is 3.82. The van der Waals surface area contributed by atoms with Gasteiger partial charge in [-0.25, -0.2) is 4.98 Å². The van der Waals surface area contributed by atoms with E-state index in [2.05, 4.69) is 15.1 Å². The second-order valence-electron chi connectivity index (χ2n) is 5.73. The molecule has 0 N–H and O–H groups in total. The van der Waals surface area contributed by atoms with Crippen LogP contribution >= 0.6 is 22.7 Å². The summed E-state index contributed by atoms with van der Waals surface area (Å²) in [5.41, 5.74) is 2.53. The van der Waals surface area contributed by atoms with Crippen molar-refractivity contribution in [2.45, 2.75) is 13.0 Å². The molecule has 0 radical (unpaired) electrons. The van der Waals surface area contributed by atoms with Crippen LogP contribution in [0.1, 0.15) is 11.6 Å². The Morgan fingerprint density at radius 2 is 1.96 bits per heavy atom. The van der Waals surface area contributed by atoms with Gasteiger partial charge >= 0.3 is 5.97 Å². The number of methoxy groups -OCH3 is 1. The molecule has 0 aliphatic rings. The third-order valence-corrected chi connectivity index (χ3v) is 5.44. The van der Waals surface area contributed by atoms with Gasteiger partial charge in [-0.1, -0.05) is 5.16 Å². The van der Waals surface area contributed by atoms with Gasteiger partial charge in [0.05, 0.1) is 19.2 Å². The van der Waals surface area contributed by atoms with Crippen molar-refractivity contribution in [1.82, 2.24) is 15.1 Å². The van der Waals surface area contributed by atoms with E-state index in [0.717, 1.165) is 21.9 Å². The van der Waals surface area contributed by atoms with Crippen LogP contribution in [0.15, 0.2) is 51.0 Å². The highest BCUT2D eigenvalue weighted by atomic mass is 32.1. The SMILES string of the molecule is COc1ccc(-c2noc(COC(=O)Cc3csc(-c4ccsc4)n3)n2)cc1. The Labute approximate surface area is 168 Å². The number of esters is 1. The Morgan fingerprint density at radius 1 is 1.11 bits per heavy atom. The molecule has 0 aliphatic carbocycles. The Hall–Kier alpha value is -3.04. The van der Waals surface area contributed by atoms with E-state index in [1.165, 1.54) is 11.3 Å². The summed E-state index contributed by atoms with van der Waals surface area (Å²) in [5, 5.41) is 10.7. The molecule has 0 bridgehead atoms. The fourth-order valence-corrected chi connectivity index (χ4v) is 3.95. The van der Waals surface area contributed by atoms with Gasteiger partial charge in [-0.2, -0.15) is 16.3 Å². The highest BCUT2D eigenvalue weighted by Crippen LogP contribution is 2.26. The molecule has 3 heterocycles. The number of benzene rings is 1. The lowest BCUT2D eigenvalue weighted by atomic mass is 10.2. The van der Waals surface area contributed by atoms with Crippen LogP contribution < -0.4 is 4.74 Å². The van der Waals surface area contributed by atoms with Crippen molar-refractivity contribution in [2.75, 3.05) is 7.11 Å². The second-order valence-corrected chi connectivity index (χ2v) is 7.37. The molecular weight excluding hydrogens is 398 g/mol. The number of thiazole rings is 1. The van der Waals surface area contributed by atoms with Crippen molar-refractivity contribution in [1.29, 1.82) is 0 Å². The van der Waals surface area contributed by atoms with Gasteiger partial charge in [-0.15, -0.1) is 11.3 Å². The molecule has 1 aromatic carbocycles. The maximum atomic E-state index is 12.1. The minimum Gasteiger partial charge on any atom is -0.497 e. The first-order chi connectivity index (χ1) is 13.7. The number of rotatable bonds is 7. The summed E-state index contributed by atoms with van der Waals surface area (Å²) in [5.74, 6) is 1.00. The van der Waals surface area contributed by atoms with Crippen LogP contribution in [-0.4, -0.2) is 28.2 Å². The molecule has 28 heavy (non-hydrogen) atoms. The molecule has 0 spiro atoms. The van der Waals surface area contributed by atoms with Crippen LogP contribution in [0.5, 0.6) is 5.75 Å². The lowest BCUT2D eigenvalue weighted by Gasteiger charge is -2.00. The Morgan fingerprint density at radius 3 is 2.71 bits per heavy atom. The largest absolute Gasteiger partial charge is 0.497 e. The molecule has 4 rings (SSSR count). The number of hydrogen-bond donors (Lipinski definition) is 0. The molecular formula is C19H15N3O4S2. The van der Waals surface area contributed by atoms with Crippen LogP contribution in [0.2, 0.25) is 0 Å². The number of carbonyl (C=O) groups is 1. The minimum atomic E-state index is -0.397. The van der Waals surface area contributed by atoms with Gasteiger partial charge in [0.2, 0.25) is 5.82 Å². The van der Waals surface area contributed by atoms with E-state index in [4.69, 9.17) is 14.0 Å². The number of thiophene rings is 1. The first-order valence-electron chi connectivity index (χ1n) is 8.31.